The van der Waals surface area contributed by atoms with Crippen molar-refractivity contribution in [2.75, 3.05) is 33.4 Å². The Hall–Kier alpha value is -4.54. The maximum atomic E-state index is 13.4. The zero-order chi connectivity index (χ0) is 31.6. The molecular weight excluding hydrogens is 574 g/mol. The summed E-state index contributed by atoms with van der Waals surface area (Å²) in [7, 11) is 1.17. The molecule has 2 heterocycles. The molecule has 0 saturated carbocycles. The number of likely N-dealkylation sites (tertiary alicyclic amines) is 1. The van der Waals surface area contributed by atoms with Crippen LogP contribution in [0.15, 0.2) is 94.5 Å². The summed E-state index contributed by atoms with van der Waals surface area (Å²) < 4.78 is 18.4. The lowest BCUT2D eigenvalue weighted by Gasteiger charge is -2.34. The normalized spacial score (nSPS) is 14.1. The molecule has 3 aromatic carbocycles. The van der Waals surface area contributed by atoms with Crippen LogP contribution in [0.2, 0.25) is 0 Å². The van der Waals surface area contributed by atoms with E-state index in [1.165, 1.54) is 11.7 Å². The predicted molar refractivity (Wildman–Crippen MR) is 170 cm³/mol. The Morgan fingerprint density at radius 2 is 1.38 bits per heavy atom. The van der Waals surface area contributed by atoms with Gasteiger partial charge in [0.05, 0.1) is 24.1 Å². The van der Waals surface area contributed by atoms with Crippen molar-refractivity contribution in [2.24, 2.45) is 0 Å². The second-order valence-electron chi connectivity index (χ2n) is 11.2. The third kappa shape index (κ3) is 8.14. The van der Waals surface area contributed by atoms with Crippen LogP contribution in [-0.2, 0) is 36.9 Å². The van der Waals surface area contributed by atoms with Crippen molar-refractivity contribution >= 4 is 22.8 Å². The van der Waals surface area contributed by atoms with Gasteiger partial charge in [-0.3, -0.25) is 14.2 Å². The van der Waals surface area contributed by atoms with Crippen molar-refractivity contribution in [2.45, 2.75) is 51.0 Å². The first-order chi connectivity index (χ1) is 21.9. The number of nitrogens with zero attached hydrogens (tertiary/aromatic N) is 3. The molecule has 45 heavy (non-hydrogen) atoms. The molecule has 5 rings (SSSR count). The zero-order valence-corrected chi connectivity index (χ0v) is 25.5. The van der Waals surface area contributed by atoms with Gasteiger partial charge < -0.3 is 19.1 Å². The fourth-order valence-corrected chi connectivity index (χ4v) is 5.77. The van der Waals surface area contributed by atoms with Gasteiger partial charge in [-0.25, -0.2) is 14.2 Å². The number of aromatic nitrogens is 2. The second kappa shape index (κ2) is 15.5. The smallest absolute Gasteiger partial charge is 0.344 e. The van der Waals surface area contributed by atoms with E-state index in [0.29, 0.717) is 17.4 Å². The van der Waals surface area contributed by atoms with Crippen LogP contribution in [0.3, 0.4) is 0 Å². The molecule has 0 atom stereocenters. The maximum absolute atomic E-state index is 13.4. The highest BCUT2D eigenvalue weighted by atomic mass is 16.6. The minimum Gasteiger partial charge on any atom is -0.466 e. The van der Waals surface area contributed by atoms with Crippen molar-refractivity contribution in [3.05, 3.63) is 117 Å². The molecule has 1 saturated heterocycles. The third-order valence-corrected chi connectivity index (χ3v) is 8.17. The van der Waals surface area contributed by atoms with E-state index in [0.717, 1.165) is 61.0 Å². The quantitative estimate of drug-likeness (QED) is 0.165. The van der Waals surface area contributed by atoms with Crippen LogP contribution in [0.4, 0.5) is 0 Å². The summed E-state index contributed by atoms with van der Waals surface area (Å²) in [6, 6.07) is 27.5. The minimum atomic E-state index is -0.868. The van der Waals surface area contributed by atoms with Crippen LogP contribution in [-0.4, -0.2) is 65.4 Å². The van der Waals surface area contributed by atoms with Crippen LogP contribution in [0.1, 0.15) is 42.9 Å². The van der Waals surface area contributed by atoms with Gasteiger partial charge in [0.25, 0.3) is 5.56 Å². The van der Waals surface area contributed by atoms with Gasteiger partial charge in [0.2, 0.25) is 0 Å². The highest BCUT2D eigenvalue weighted by Gasteiger charge is 2.25. The van der Waals surface area contributed by atoms with Crippen molar-refractivity contribution in [3.63, 3.8) is 0 Å². The summed E-state index contributed by atoms with van der Waals surface area (Å²) in [6.07, 6.45) is 3.53. The molecule has 0 spiro atoms. The summed E-state index contributed by atoms with van der Waals surface area (Å²) >= 11 is 0. The molecule has 10 nitrogen and oxygen atoms in total. The average molecular weight is 614 g/mol. The number of unbranched alkanes of at least 4 members (excludes halogenated alkanes) is 1. The van der Waals surface area contributed by atoms with Gasteiger partial charge in [0.15, 0.2) is 6.61 Å². The summed E-state index contributed by atoms with van der Waals surface area (Å²) in [5.74, 6) is -1.60. The number of ether oxygens (including phenoxy) is 3. The highest BCUT2D eigenvalue weighted by Crippen LogP contribution is 2.30. The maximum Gasteiger partial charge on any atom is 0.344 e. The second-order valence-corrected chi connectivity index (χ2v) is 11.2. The molecule has 0 aliphatic carbocycles. The molecule has 1 aromatic heterocycles. The summed E-state index contributed by atoms with van der Waals surface area (Å²) in [5.41, 5.74) is 1.67. The molecule has 1 aliphatic rings. The van der Waals surface area contributed by atoms with Crippen LogP contribution < -0.4 is 11.2 Å². The van der Waals surface area contributed by atoms with Crippen molar-refractivity contribution in [1.82, 2.24) is 14.0 Å². The van der Waals surface area contributed by atoms with Crippen molar-refractivity contribution in [1.29, 1.82) is 0 Å². The number of hydrogen-bond acceptors (Lipinski definition) is 8. The molecule has 0 bridgehead atoms. The number of aryl methyl sites for hydroxylation is 1. The lowest BCUT2D eigenvalue weighted by Crippen LogP contribution is -2.42. The first-order valence-electron chi connectivity index (χ1n) is 15.4. The molecule has 4 aromatic rings. The van der Waals surface area contributed by atoms with E-state index >= 15 is 0 Å². The number of carbonyl (C=O) groups excluding carboxylic acids is 2. The van der Waals surface area contributed by atoms with E-state index < -0.39 is 36.3 Å². The van der Waals surface area contributed by atoms with Gasteiger partial charge in [-0.2, -0.15) is 0 Å². The van der Waals surface area contributed by atoms with Crippen LogP contribution in [0.5, 0.6) is 0 Å². The Labute approximate surface area is 261 Å². The molecule has 0 amide bonds. The number of esters is 2. The van der Waals surface area contributed by atoms with E-state index in [2.05, 4.69) is 33.9 Å². The number of rotatable bonds is 13. The van der Waals surface area contributed by atoms with Gasteiger partial charge in [0, 0.05) is 19.6 Å². The number of hydrogen-bond donors (Lipinski definition) is 0. The minimum absolute atomic E-state index is 0.102. The number of para-hydroxylation sites is 1. The summed E-state index contributed by atoms with van der Waals surface area (Å²) in [6.45, 7) is 1.97. The third-order valence-electron chi connectivity index (χ3n) is 8.17. The van der Waals surface area contributed by atoms with Gasteiger partial charge in [-0.15, -0.1) is 0 Å². The molecule has 10 heteroatoms. The van der Waals surface area contributed by atoms with Gasteiger partial charge in [-0.1, -0.05) is 72.8 Å². The molecule has 0 unspecified atom stereocenters. The number of benzene rings is 3. The monoisotopic (exact) mass is 613 g/mol. The summed E-state index contributed by atoms with van der Waals surface area (Å²) in [4.78, 5) is 52.5. The fourth-order valence-electron chi connectivity index (χ4n) is 5.77. The zero-order valence-electron chi connectivity index (χ0n) is 25.5. The fraction of sp³-hybridized carbons (Fsp3) is 0.371. The molecule has 236 valence electrons. The van der Waals surface area contributed by atoms with E-state index in [1.807, 2.05) is 36.4 Å². The number of methoxy groups -OCH3 is 1. The number of carbonyl (C=O) groups is 2. The first-order valence-corrected chi connectivity index (χ1v) is 15.4. The molecule has 0 N–H and O–H groups in total. The number of fused-ring (bicyclic) bond motifs is 1. The Balaban J connectivity index is 1.16. The topological polar surface area (TPSA) is 109 Å². The summed E-state index contributed by atoms with van der Waals surface area (Å²) in [5, 5.41) is 0.337. The van der Waals surface area contributed by atoms with Crippen LogP contribution >= 0.6 is 0 Å². The standard InChI is InChI=1S/C35H39N3O7/c1-43-32(40)25-44-31(39)24-38-34(41)29-16-8-9-17-30(29)37(35(38)42)21-11-10-20-36-22-18-28(19-23-36)45-33(26-12-4-2-5-13-26)27-14-6-3-7-15-27/h2-9,12-17,28,33H,10-11,18-25H2,1H3. The molecule has 1 aliphatic heterocycles. The van der Waals surface area contributed by atoms with E-state index in [9.17, 15) is 19.2 Å². The Morgan fingerprint density at radius 3 is 2.02 bits per heavy atom. The lowest BCUT2D eigenvalue weighted by atomic mass is 10.00. The SMILES string of the molecule is COC(=O)COC(=O)Cn1c(=O)c2ccccc2n(CCCCN2CCC(OC(c3ccccc3)c3ccccc3)CC2)c1=O. The van der Waals surface area contributed by atoms with Crippen LogP contribution in [0.25, 0.3) is 10.9 Å². The van der Waals surface area contributed by atoms with Gasteiger partial charge in [-0.05, 0) is 55.5 Å². The van der Waals surface area contributed by atoms with E-state index in [4.69, 9.17) is 9.47 Å². The average Bonchev–Trinajstić information content (AvgIpc) is 3.09. The van der Waals surface area contributed by atoms with Crippen molar-refractivity contribution in [3.8, 4) is 0 Å². The lowest BCUT2D eigenvalue weighted by molar-refractivity contribution is -0.157. The molecular formula is C35H39N3O7. The van der Waals surface area contributed by atoms with Crippen molar-refractivity contribution < 1.29 is 23.8 Å². The van der Waals surface area contributed by atoms with Gasteiger partial charge >= 0.3 is 17.6 Å². The predicted octanol–water partition coefficient (Wildman–Crippen LogP) is 3.93. The number of piperidine rings is 1. The Bertz CT molecular complexity index is 1650. The molecule has 1 fully saturated rings. The molecule has 0 radical (unpaired) electrons. The van der Waals surface area contributed by atoms with E-state index in [-0.39, 0.29) is 12.2 Å². The first kappa shape index (κ1) is 31.9. The highest BCUT2D eigenvalue weighted by molar-refractivity contribution is 5.79. The Kier molecular flexibility index (Phi) is 10.9. The van der Waals surface area contributed by atoms with Gasteiger partial charge in [0.1, 0.15) is 12.6 Å². The largest absolute Gasteiger partial charge is 0.466 e. The van der Waals surface area contributed by atoms with E-state index in [1.54, 1.807) is 24.3 Å². The Morgan fingerprint density at radius 1 is 0.778 bits per heavy atom. The van der Waals surface area contributed by atoms with Crippen LogP contribution in [0, 0.1) is 0 Å².